The molecular formula is C5H6N2OS. The highest BCUT2D eigenvalue weighted by molar-refractivity contribution is 7.71. The van der Waals surface area contributed by atoms with E-state index < -0.39 is 0 Å². The first kappa shape index (κ1) is 6.22. The number of hydrogen-bond acceptors (Lipinski definition) is 2. The molecule has 48 valence electrons. The second kappa shape index (κ2) is 2.14. The minimum Gasteiger partial charge on any atom is -0.337 e. The summed E-state index contributed by atoms with van der Waals surface area (Å²) in [6.45, 7) is 0. The van der Waals surface area contributed by atoms with Gasteiger partial charge in [0.15, 0.2) is 11.1 Å². The normalized spacial score (nSPS) is 9.44. The minimum absolute atomic E-state index is 0.567. The van der Waals surface area contributed by atoms with E-state index in [9.17, 15) is 4.79 Å². The van der Waals surface area contributed by atoms with Crippen molar-refractivity contribution in [3.63, 3.8) is 0 Å². The van der Waals surface area contributed by atoms with Crippen LogP contribution in [0, 0.1) is 4.77 Å². The van der Waals surface area contributed by atoms with Crippen molar-refractivity contribution in [3.05, 3.63) is 16.7 Å². The fourth-order valence-electron chi connectivity index (χ4n) is 0.560. The number of nitrogens with one attached hydrogen (secondary N) is 1. The van der Waals surface area contributed by atoms with E-state index in [2.05, 4.69) is 4.98 Å². The molecule has 0 bridgehead atoms. The second-order valence-corrected chi connectivity index (χ2v) is 2.08. The van der Waals surface area contributed by atoms with Crippen LogP contribution in [0.1, 0.15) is 10.5 Å². The lowest BCUT2D eigenvalue weighted by Gasteiger charge is -1.87. The summed E-state index contributed by atoms with van der Waals surface area (Å²) >= 11 is 4.79. The zero-order valence-corrected chi connectivity index (χ0v) is 5.73. The van der Waals surface area contributed by atoms with Crippen LogP contribution in [0.15, 0.2) is 6.20 Å². The van der Waals surface area contributed by atoms with Gasteiger partial charge in [0.2, 0.25) is 0 Å². The summed E-state index contributed by atoms with van der Waals surface area (Å²) in [5.74, 6) is 0. The average molecular weight is 142 g/mol. The Balaban J connectivity index is 3.35. The van der Waals surface area contributed by atoms with Gasteiger partial charge in [-0.25, -0.2) is 0 Å². The Morgan fingerprint density at radius 2 is 2.56 bits per heavy atom. The molecule has 9 heavy (non-hydrogen) atoms. The smallest absolute Gasteiger partial charge is 0.177 e. The molecule has 0 saturated carbocycles. The van der Waals surface area contributed by atoms with Crippen molar-refractivity contribution in [1.29, 1.82) is 0 Å². The van der Waals surface area contributed by atoms with Gasteiger partial charge in [-0.1, -0.05) is 0 Å². The van der Waals surface area contributed by atoms with Gasteiger partial charge in [0.25, 0.3) is 0 Å². The maximum atomic E-state index is 10.2. The Labute approximate surface area is 57.3 Å². The van der Waals surface area contributed by atoms with Crippen LogP contribution in [0.2, 0.25) is 0 Å². The summed E-state index contributed by atoms with van der Waals surface area (Å²) in [4.78, 5) is 12.9. The Morgan fingerprint density at radius 3 is 2.78 bits per heavy atom. The van der Waals surface area contributed by atoms with Crippen LogP contribution in [-0.2, 0) is 7.05 Å². The number of H-pyrrole nitrogens is 1. The third-order valence-electron chi connectivity index (χ3n) is 1.16. The number of aromatic nitrogens is 2. The number of carbonyl (C=O) groups excluding carboxylic acids is 1. The quantitative estimate of drug-likeness (QED) is 0.467. The molecule has 0 aliphatic rings. The van der Waals surface area contributed by atoms with Crippen molar-refractivity contribution in [2.24, 2.45) is 7.05 Å². The SMILES string of the molecule is Cn1c(C=O)c[nH]c1=S. The van der Waals surface area contributed by atoms with Crippen molar-refractivity contribution < 1.29 is 4.79 Å². The average Bonchev–Trinajstić information content (AvgIpc) is 2.15. The molecule has 1 aromatic rings. The topological polar surface area (TPSA) is 37.8 Å². The van der Waals surface area contributed by atoms with Gasteiger partial charge >= 0.3 is 0 Å². The van der Waals surface area contributed by atoms with E-state index in [1.54, 1.807) is 17.8 Å². The minimum atomic E-state index is 0.567. The predicted octanol–water partition coefficient (Wildman–Crippen LogP) is 0.895. The first-order valence-electron chi connectivity index (χ1n) is 2.45. The standard InChI is InChI=1S/C5H6N2OS/c1-7-4(3-8)2-6-5(7)9/h2-3H,1H3,(H,6,9). The van der Waals surface area contributed by atoms with E-state index in [1.807, 2.05) is 0 Å². The lowest BCUT2D eigenvalue weighted by molar-refractivity contribution is 0.111. The number of carbonyl (C=O) groups is 1. The molecule has 3 nitrogen and oxygen atoms in total. The van der Waals surface area contributed by atoms with E-state index in [0.717, 1.165) is 6.29 Å². The number of aldehydes is 1. The van der Waals surface area contributed by atoms with Gasteiger partial charge < -0.3 is 9.55 Å². The van der Waals surface area contributed by atoms with Crippen molar-refractivity contribution >= 4 is 18.5 Å². The first-order valence-corrected chi connectivity index (χ1v) is 2.86. The molecule has 0 saturated heterocycles. The molecule has 1 aromatic heterocycles. The van der Waals surface area contributed by atoms with E-state index in [4.69, 9.17) is 12.2 Å². The molecule has 0 aliphatic heterocycles. The summed E-state index contributed by atoms with van der Waals surface area (Å²) < 4.78 is 2.18. The van der Waals surface area contributed by atoms with Crippen molar-refractivity contribution in [2.45, 2.75) is 0 Å². The van der Waals surface area contributed by atoms with Crippen LogP contribution < -0.4 is 0 Å². The van der Waals surface area contributed by atoms with E-state index in [1.165, 1.54) is 0 Å². The highest BCUT2D eigenvalue weighted by Gasteiger charge is 1.93. The van der Waals surface area contributed by atoms with Crippen LogP contribution >= 0.6 is 12.2 Å². The second-order valence-electron chi connectivity index (χ2n) is 1.70. The van der Waals surface area contributed by atoms with Crippen LogP contribution in [0.4, 0.5) is 0 Å². The Hall–Kier alpha value is -0.900. The number of hydrogen-bond donors (Lipinski definition) is 1. The molecule has 0 aromatic carbocycles. The number of rotatable bonds is 1. The maximum Gasteiger partial charge on any atom is 0.177 e. The van der Waals surface area contributed by atoms with Crippen molar-refractivity contribution in [2.75, 3.05) is 0 Å². The predicted molar refractivity (Wildman–Crippen MR) is 36.0 cm³/mol. The summed E-state index contributed by atoms with van der Waals surface area (Å²) in [5.41, 5.74) is 0.569. The summed E-state index contributed by atoms with van der Waals surface area (Å²) in [7, 11) is 1.74. The summed E-state index contributed by atoms with van der Waals surface area (Å²) in [6, 6.07) is 0. The van der Waals surface area contributed by atoms with E-state index in [-0.39, 0.29) is 0 Å². The monoisotopic (exact) mass is 142 g/mol. The van der Waals surface area contributed by atoms with Crippen LogP contribution in [0.25, 0.3) is 0 Å². The molecule has 4 heteroatoms. The van der Waals surface area contributed by atoms with Crippen molar-refractivity contribution in [3.8, 4) is 0 Å². The Morgan fingerprint density at radius 1 is 1.89 bits per heavy atom. The zero-order chi connectivity index (χ0) is 6.85. The van der Waals surface area contributed by atoms with Gasteiger partial charge in [0, 0.05) is 13.2 Å². The third kappa shape index (κ3) is 0.929. The molecule has 0 fully saturated rings. The van der Waals surface area contributed by atoms with Gasteiger partial charge in [-0.2, -0.15) is 0 Å². The lowest BCUT2D eigenvalue weighted by atomic mass is 10.5. The molecule has 1 N–H and O–H groups in total. The summed E-state index contributed by atoms with van der Waals surface area (Å²) in [6.07, 6.45) is 2.33. The molecule has 1 rings (SSSR count). The van der Waals surface area contributed by atoms with E-state index >= 15 is 0 Å². The molecular weight excluding hydrogens is 136 g/mol. The largest absolute Gasteiger partial charge is 0.337 e. The number of nitrogens with zero attached hydrogens (tertiary/aromatic N) is 1. The molecule has 0 unspecified atom stereocenters. The number of imidazole rings is 1. The van der Waals surface area contributed by atoms with Gasteiger partial charge in [-0.15, -0.1) is 0 Å². The highest BCUT2D eigenvalue weighted by Crippen LogP contribution is 1.92. The first-order chi connectivity index (χ1) is 4.25. The Kier molecular flexibility index (Phi) is 1.48. The molecule has 0 radical (unpaired) electrons. The highest BCUT2D eigenvalue weighted by atomic mass is 32.1. The van der Waals surface area contributed by atoms with E-state index in [0.29, 0.717) is 10.5 Å². The Bertz CT molecular complexity index is 273. The fraction of sp³-hybridized carbons (Fsp3) is 0.200. The molecule has 0 aliphatic carbocycles. The zero-order valence-electron chi connectivity index (χ0n) is 4.92. The van der Waals surface area contributed by atoms with Crippen LogP contribution in [0.3, 0.4) is 0 Å². The van der Waals surface area contributed by atoms with Gasteiger partial charge in [0.1, 0.15) is 0 Å². The molecule has 1 heterocycles. The fourth-order valence-corrected chi connectivity index (χ4v) is 0.724. The molecule has 0 atom stereocenters. The number of aromatic amines is 1. The lowest BCUT2D eigenvalue weighted by Crippen LogP contribution is -1.92. The summed E-state index contributed by atoms with van der Waals surface area (Å²) in [5, 5.41) is 0. The van der Waals surface area contributed by atoms with Crippen molar-refractivity contribution in [1.82, 2.24) is 9.55 Å². The maximum absolute atomic E-state index is 10.2. The molecule has 0 spiro atoms. The van der Waals surface area contributed by atoms with Gasteiger partial charge in [0.05, 0.1) is 5.69 Å². The molecule has 0 amide bonds. The van der Waals surface area contributed by atoms with Crippen LogP contribution in [-0.4, -0.2) is 15.8 Å². The third-order valence-corrected chi connectivity index (χ3v) is 1.55. The van der Waals surface area contributed by atoms with Gasteiger partial charge in [-0.3, -0.25) is 4.79 Å². The van der Waals surface area contributed by atoms with Gasteiger partial charge in [-0.05, 0) is 12.2 Å². The van der Waals surface area contributed by atoms with Crippen LogP contribution in [0.5, 0.6) is 0 Å².